The van der Waals surface area contributed by atoms with Crippen molar-refractivity contribution >= 4 is 34.6 Å². The third kappa shape index (κ3) is 4.18. The van der Waals surface area contributed by atoms with Crippen molar-refractivity contribution in [2.24, 2.45) is 17.8 Å². The van der Waals surface area contributed by atoms with Crippen LogP contribution in [0.3, 0.4) is 0 Å². The third-order valence-corrected chi connectivity index (χ3v) is 7.38. The summed E-state index contributed by atoms with van der Waals surface area (Å²) in [4.78, 5) is 0. The van der Waals surface area contributed by atoms with E-state index in [9.17, 15) is 4.55 Å². The van der Waals surface area contributed by atoms with Crippen LogP contribution in [0.2, 0.25) is 10.0 Å². The van der Waals surface area contributed by atoms with Gasteiger partial charge in [-0.05, 0) is 57.7 Å². The van der Waals surface area contributed by atoms with Gasteiger partial charge in [-0.1, -0.05) is 35.9 Å². The van der Waals surface area contributed by atoms with Crippen molar-refractivity contribution in [3.8, 4) is 5.75 Å². The fraction of sp³-hybridized carbons (Fsp3) is 0.579. The van der Waals surface area contributed by atoms with Gasteiger partial charge in [0.25, 0.3) is 0 Å². The number of piperidine rings is 1. The van der Waals surface area contributed by atoms with Gasteiger partial charge in [-0.15, -0.1) is 4.72 Å². The quantitative estimate of drug-likeness (QED) is 0.518. The van der Waals surface area contributed by atoms with E-state index in [0.29, 0.717) is 40.2 Å². The van der Waals surface area contributed by atoms with E-state index >= 15 is 0 Å². The smallest absolute Gasteiger partial charge is 0.136 e. The Bertz CT molecular complexity index is 670. The average Bonchev–Trinajstić information content (AvgIpc) is 3.02. The van der Waals surface area contributed by atoms with Crippen LogP contribution in [-0.4, -0.2) is 29.0 Å². The van der Waals surface area contributed by atoms with Crippen molar-refractivity contribution in [3.05, 3.63) is 40.4 Å². The first-order valence-corrected chi connectivity index (χ1v) is 10.8. The molecule has 0 amide bonds. The van der Waals surface area contributed by atoms with Crippen LogP contribution >= 0.6 is 23.2 Å². The van der Waals surface area contributed by atoms with Gasteiger partial charge in [0.2, 0.25) is 0 Å². The molecule has 1 saturated carbocycles. The average molecular weight is 417 g/mol. The molecule has 1 aromatic carbocycles. The zero-order chi connectivity index (χ0) is 19.1. The summed E-state index contributed by atoms with van der Waals surface area (Å²) in [5.41, 5.74) is 0.915. The second-order valence-corrected chi connectivity index (χ2v) is 10.8. The normalized spacial score (nSPS) is 26.9. The van der Waals surface area contributed by atoms with E-state index in [0.717, 1.165) is 18.7 Å². The van der Waals surface area contributed by atoms with Crippen molar-refractivity contribution < 1.29 is 9.29 Å². The Morgan fingerprint density at radius 3 is 2.54 bits per heavy atom. The maximum atomic E-state index is 12.8. The first-order valence-electron chi connectivity index (χ1n) is 8.85. The largest absolute Gasteiger partial charge is 0.598 e. The molecule has 4 nitrogen and oxygen atoms in total. The van der Waals surface area contributed by atoms with Gasteiger partial charge in [0.15, 0.2) is 0 Å². The molecule has 3 rings (SSSR count). The second kappa shape index (κ2) is 7.90. The molecule has 2 N–H and O–H groups in total. The zero-order valence-corrected chi connectivity index (χ0v) is 17.7. The van der Waals surface area contributed by atoms with Crippen LogP contribution < -0.4 is 14.8 Å². The van der Waals surface area contributed by atoms with Gasteiger partial charge >= 0.3 is 0 Å². The summed E-state index contributed by atoms with van der Waals surface area (Å²) in [7, 11) is 0. The highest BCUT2D eigenvalue weighted by Gasteiger charge is 2.58. The summed E-state index contributed by atoms with van der Waals surface area (Å²) < 4.78 is 21.7. The summed E-state index contributed by atoms with van der Waals surface area (Å²) in [5, 5.41) is 4.34. The highest BCUT2D eigenvalue weighted by Crippen LogP contribution is 2.57. The molecule has 2 aliphatic rings. The van der Waals surface area contributed by atoms with Gasteiger partial charge in [-0.25, -0.2) is 0 Å². The van der Waals surface area contributed by atoms with E-state index in [2.05, 4.69) is 16.6 Å². The maximum Gasteiger partial charge on any atom is 0.136 e. The molecule has 1 aliphatic carbocycles. The van der Waals surface area contributed by atoms with Crippen LogP contribution in [0, 0.1) is 17.8 Å². The Morgan fingerprint density at radius 1 is 1.35 bits per heavy atom. The number of hydrogen-bond donors (Lipinski definition) is 2. The predicted octanol–water partition coefficient (Wildman–Crippen LogP) is 4.12. The summed E-state index contributed by atoms with van der Waals surface area (Å²) in [6, 6.07) is 3.50. The number of rotatable bonds is 7. The second-order valence-electron chi connectivity index (χ2n) is 7.94. The van der Waals surface area contributed by atoms with Crippen LogP contribution in [0.1, 0.15) is 32.4 Å². The fourth-order valence-corrected chi connectivity index (χ4v) is 4.86. The first kappa shape index (κ1) is 20.3. The van der Waals surface area contributed by atoms with Crippen LogP contribution in [0.4, 0.5) is 0 Å². The molecule has 0 bridgehead atoms. The SMILES string of the molecule is C=CCOc1cc(Cl)c(Cl)cc1C(N[S+]([O-])C(C)(C)C)[C@@H]1[C@@H]2CNC[C@@H]21. The summed E-state index contributed by atoms with van der Waals surface area (Å²) in [5.74, 6) is 2.25. The molecule has 2 fully saturated rings. The van der Waals surface area contributed by atoms with Gasteiger partial charge in [-0.2, -0.15) is 0 Å². The number of ether oxygens (including phenoxy) is 1. The van der Waals surface area contributed by atoms with E-state index in [-0.39, 0.29) is 10.8 Å². The molecule has 26 heavy (non-hydrogen) atoms. The number of halogens is 2. The molecule has 1 aromatic rings. The highest BCUT2D eigenvalue weighted by atomic mass is 35.5. The Hall–Kier alpha value is -0.430. The van der Waals surface area contributed by atoms with Gasteiger partial charge < -0.3 is 14.6 Å². The minimum Gasteiger partial charge on any atom is -0.598 e. The van der Waals surface area contributed by atoms with Gasteiger partial charge in [0.05, 0.1) is 16.1 Å². The van der Waals surface area contributed by atoms with Crippen LogP contribution in [0.15, 0.2) is 24.8 Å². The van der Waals surface area contributed by atoms with Gasteiger partial charge in [-0.3, -0.25) is 0 Å². The molecule has 1 aliphatic heterocycles. The Balaban J connectivity index is 1.95. The molecule has 0 radical (unpaired) electrons. The number of hydrogen-bond acceptors (Lipinski definition) is 4. The van der Waals surface area contributed by atoms with Crippen molar-refractivity contribution in [2.45, 2.75) is 31.6 Å². The summed E-state index contributed by atoms with van der Waals surface area (Å²) in [6.07, 6.45) is 1.69. The van der Waals surface area contributed by atoms with Crippen molar-refractivity contribution in [1.29, 1.82) is 0 Å². The Labute approximate surface area is 169 Å². The lowest BCUT2D eigenvalue weighted by atomic mass is 9.99. The third-order valence-electron chi connectivity index (χ3n) is 5.08. The standard InChI is InChI=1S/C19H26Cl2N2O2S/c1-5-6-25-16-8-15(21)14(20)7-11(16)18(23-26(24)19(2,3)4)17-12-9-22-10-13(12)17/h5,7-8,12-13,17-18,22-23H,1,6,9-10H2,2-4H3/t12-,13+,17-,18?,26?. The molecular formula is C19H26Cl2N2O2S. The lowest BCUT2D eigenvalue weighted by molar-refractivity contribution is 0.349. The minimum atomic E-state index is -1.20. The zero-order valence-electron chi connectivity index (χ0n) is 15.4. The molecule has 5 atom stereocenters. The topological polar surface area (TPSA) is 56.3 Å². The van der Waals surface area contributed by atoms with Crippen molar-refractivity contribution in [2.75, 3.05) is 19.7 Å². The summed E-state index contributed by atoms with van der Waals surface area (Å²) >= 11 is 11.3. The summed E-state index contributed by atoms with van der Waals surface area (Å²) in [6.45, 7) is 12.0. The van der Waals surface area contributed by atoms with Crippen LogP contribution in [0.25, 0.3) is 0 Å². The minimum absolute atomic E-state index is 0.0956. The maximum absolute atomic E-state index is 12.8. The molecule has 0 spiro atoms. The highest BCUT2D eigenvalue weighted by molar-refractivity contribution is 7.90. The lowest BCUT2D eigenvalue weighted by Crippen LogP contribution is -2.42. The van der Waals surface area contributed by atoms with Crippen LogP contribution in [0.5, 0.6) is 5.75 Å². The predicted molar refractivity (Wildman–Crippen MR) is 109 cm³/mol. The Morgan fingerprint density at radius 2 is 1.96 bits per heavy atom. The van der Waals surface area contributed by atoms with Crippen LogP contribution in [-0.2, 0) is 11.4 Å². The first-order chi connectivity index (χ1) is 12.2. The number of fused-ring (bicyclic) bond motifs is 1. The monoisotopic (exact) mass is 416 g/mol. The van der Waals surface area contributed by atoms with Crippen molar-refractivity contribution in [3.63, 3.8) is 0 Å². The van der Waals surface area contributed by atoms with E-state index in [4.69, 9.17) is 27.9 Å². The molecule has 144 valence electrons. The van der Waals surface area contributed by atoms with E-state index < -0.39 is 11.4 Å². The van der Waals surface area contributed by atoms with E-state index in [1.165, 1.54) is 0 Å². The molecular weight excluding hydrogens is 391 g/mol. The number of benzene rings is 1. The molecule has 0 aromatic heterocycles. The van der Waals surface area contributed by atoms with Gasteiger partial charge in [0, 0.05) is 23.0 Å². The lowest BCUT2D eigenvalue weighted by Gasteiger charge is -2.30. The Kier molecular flexibility index (Phi) is 6.17. The van der Waals surface area contributed by atoms with E-state index in [1.54, 1.807) is 12.1 Å². The molecule has 7 heteroatoms. The van der Waals surface area contributed by atoms with Crippen molar-refractivity contribution in [1.82, 2.24) is 10.0 Å². The molecule has 1 saturated heterocycles. The van der Waals surface area contributed by atoms with E-state index in [1.807, 2.05) is 26.8 Å². The van der Waals surface area contributed by atoms with Gasteiger partial charge in [0.1, 0.15) is 17.1 Å². The molecule has 1 heterocycles. The number of nitrogens with one attached hydrogen (secondary N) is 2. The fourth-order valence-electron chi connectivity index (χ4n) is 3.66. The molecule has 2 unspecified atom stereocenters.